The lowest BCUT2D eigenvalue weighted by Crippen LogP contribution is -2.19. The van der Waals surface area contributed by atoms with Gasteiger partial charge in [0.2, 0.25) is 0 Å². The number of aryl methyl sites for hydroxylation is 1. The molecule has 0 saturated carbocycles. The quantitative estimate of drug-likeness (QED) is 0.849. The van der Waals surface area contributed by atoms with Gasteiger partial charge in [-0.1, -0.05) is 0 Å². The van der Waals surface area contributed by atoms with E-state index in [1.165, 1.54) is 4.90 Å². The van der Waals surface area contributed by atoms with Crippen LogP contribution in [0.4, 0.5) is 20.2 Å². The molecule has 1 heterocycles. The van der Waals surface area contributed by atoms with Gasteiger partial charge in [-0.25, -0.2) is 8.78 Å². The third-order valence-corrected chi connectivity index (χ3v) is 2.60. The summed E-state index contributed by atoms with van der Waals surface area (Å²) < 4.78 is 29.0. The SMILES string of the molecule is CN(Cc1cnn(C)c1)c1c(F)cc(N)cc1F. The Morgan fingerprint density at radius 2 is 1.94 bits per heavy atom. The number of halogens is 2. The minimum atomic E-state index is -0.668. The van der Waals surface area contributed by atoms with Crippen molar-refractivity contribution < 1.29 is 8.78 Å². The van der Waals surface area contributed by atoms with E-state index < -0.39 is 11.6 Å². The lowest BCUT2D eigenvalue weighted by Gasteiger charge is -2.20. The van der Waals surface area contributed by atoms with Crippen LogP contribution in [0, 0.1) is 11.6 Å². The second kappa shape index (κ2) is 4.64. The highest BCUT2D eigenvalue weighted by molar-refractivity contribution is 5.55. The monoisotopic (exact) mass is 252 g/mol. The average molecular weight is 252 g/mol. The van der Waals surface area contributed by atoms with Gasteiger partial charge in [0.25, 0.3) is 0 Å². The summed E-state index contributed by atoms with van der Waals surface area (Å²) in [6, 6.07) is 2.22. The number of anilines is 2. The maximum absolute atomic E-state index is 13.7. The molecule has 2 rings (SSSR count). The fourth-order valence-corrected chi connectivity index (χ4v) is 1.86. The molecule has 0 aliphatic rings. The minimum Gasteiger partial charge on any atom is -0.399 e. The molecule has 6 heteroatoms. The zero-order valence-corrected chi connectivity index (χ0v) is 10.2. The predicted octanol–water partition coefficient (Wildman–Crippen LogP) is 1.92. The van der Waals surface area contributed by atoms with E-state index in [0.717, 1.165) is 17.7 Å². The Kier molecular flexibility index (Phi) is 3.18. The average Bonchev–Trinajstić information content (AvgIpc) is 2.62. The van der Waals surface area contributed by atoms with Gasteiger partial charge in [0.05, 0.1) is 6.20 Å². The number of rotatable bonds is 3. The third-order valence-electron chi connectivity index (χ3n) is 2.60. The van der Waals surface area contributed by atoms with Gasteiger partial charge in [0.1, 0.15) is 5.69 Å². The van der Waals surface area contributed by atoms with Crippen molar-refractivity contribution in [2.75, 3.05) is 17.7 Å². The molecule has 0 spiro atoms. The highest BCUT2D eigenvalue weighted by Gasteiger charge is 2.15. The molecule has 0 radical (unpaired) electrons. The molecule has 18 heavy (non-hydrogen) atoms. The zero-order valence-electron chi connectivity index (χ0n) is 10.2. The summed E-state index contributed by atoms with van der Waals surface area (Å²) in [6.07, 6.45) is 3.45. The molecule has 0 bridgehead atoms. The summed E-state index contributed by atoms with van der Waals surface area (Å²) >= 11 is 0. The van der Waals surface area contributed by atoms with Crippen molar-refractivity contribution in [2.24, 2.45) is 7.05 Å². The summed E-state index contributed by atoms with van der Waals surface area (Å²) in [5.41, 5.74) is 6.23. The van der Waals surface area contributed by atoms with Crippen LogP contribution in [-0.4, -0.2) is 16.8 Å². The maximum Gasteiger partial charge on any atom is 0.151 e. The zero-order chi connectivity index (χ0) is 13.3. The maximum atomic E-state index is 13.7. The Morgan fingerprint density at radius 3 is 2.44 bits per heavy atom. The lowest BCUT2D eigenvalue weighted by atomic mass is 10.2. The molecule has 1 aromatic carbocycles. The summed E-state index contributed by atoms with van der Waals surface area (Å²) in [6.45, 7) is 0.367. The number of aromatic nitrogens is 2. The van der Waals surface area contributed by atoms with Gasteiger partial charge in [-0.15, -0.1) is 0 Å². The first-order valence-corrected chi connectivity index (χ1v) is 5.40. The van der Waals surface area contributed by atoms with E-state index in [9.17, 15) is 8.78 Å². The van der Waals surface area contributed by atoms with Crippen LogP contribution in [0.3, 0.4) is 0 Å². The number of nitrogens with zero attached hydrogens (tertiary/aromatic N) is 3. The van der Waals surface area contributed by atoms with Gasteiger partial charge in [-0.2, -0.15) is 5.10 Å². The highest BCUT2D eigenvalue weighted by Crippen LogP contribution is 2.26. The Balaban J connectivity index is 2.26. The van der Waals surface area contributed by atoms with Crippen molar-refractivity contribution in [1.82, 2.24) is 9.78 Å². The van der Waals surface area contributed by atoms with E-state index in [0.29, 0.717) is 6.54 Å². The van der Waals surface area contributed by atoms with Crippen LogP contribution in [0.25, 0.3) is 0 Å². The van der Waals surface area contributed by atoms with Crippen LogP contribution in [0.1, 0.15) is 5.56 Å². The number of benzene rings is 1. The van der Waals surface area contributed by atoms with Gasteiger partial charge in [0.15, 0.2) is 11.6 Å². The van der Waals surface area contributed by atoms with Crippen LogP contribution >= 0.6 is 0 Å². The molecule has 0 saturated heterocycles. The highest BCUT2D eigenvalue weighted by atomic mass is 19.1. The van der Waals surface area contributed by atoms with Crippen LogP contribution in [-0.2, 0) is 13.6 Å². The molecule has 2 N–H and O–H groups in total. The van der Waals surface area contributed by atoms with Crippen molar-refractivity contribution in [2.45, 2.75) is 6.54 Å². The number of nitrogen functional groups attached to an aromatic ring is 1. The standard InChI is InChI=1S/C12H14F2N4/c1-17(6-8-5-16-18(2)7-8)12-10(13)3-9(15)4-11(12)14/h3-5,7H,6,15H2,1-2H3. The fourth-order valence-electron chi connectivity index (χ4n) is 1.86. The minimum absolute atomic E-state index is 0.0727. The van der Waals surface area contributed by atoms with E-state index in [2.05, 4.69) is 5.10 Å². The first-order valence-electron chi connectivity index (χ1n) is 5.40. The second-order valence-electron chi connectivity index (χ2n) is 4.21. The van der Waals surface area contributed by atoms with E-state index in [1.54, 1.807) is 31.2 Å². The van der Waals surface area contributed by atoms with Gasteiger partial charge in [-0.3, -0.25) is 4.68 Å². The molecule has 4 nitrogen and oxygen atoms in total. The lowest BCUT2D eigenvalue weighted by molar-refractivity contribution is 0.577. The van der Waals surface area contributed by atoms with Crippen molar-refractivity contribution in [1.29, 1.82) is 0 Å². The number of nitrogens with two attached hydrogens (primary N) is 1. The Labute approximate surface area is 104 Å². The molecule has 0 unspecified atom stereocenters. The van der Waals surface area contributed by atoms with Crippen molar-refractivity contribution >= 4 is 11.4 Å². The van der Waals surface area contributed by atoms with Crippen molar-refractivity contribution in [3.05, 3.63) is 41.7 Å². The van der Waals surface area contributed by atoms with Crippen LogP contribution < -0.4 is 10.6 Å². The van der Waals surface area contributed by atoms with E-state index >= 15 is 0 Å². The van der Waals surface area contributed by atoms with Gasteiger partial charge >= 0.3 is 0 Å². The fraction of sp³-hybridized carbons (Fsp3) is 0.250. The Bertz CT molecular complexity index is 542. The van der Waals surface area contributed by atoms with Crippen molar-refractivity contribution in [3.63, 3.8) is 0 Å². The molecule has 0 atom stereocenters. The van der Waals surface area contributed by atoms with Crippen molar-refractivity contribution in [3.8, 4) is 0 Å². The molecule has 0 fully saturated rings. The molecular formula is C12H14F2N4. The summed E-state index contributed by atoms with van der Waals surface area (Å²) in [5.74, 6) is -1.34. The van der Waals surface area contributed by atoms with E-state index in [-0.39, 0.29) is 11.4 Å². The first kappa shape index (κ1) is 12.3. The Morgan fingerprint density at radius 1 is 1.33 bits per heavy atom. The van der Waals surface area contributed by atoms with Gasteiger partial charge in [0, 0.05) is 38.1 Å². The smallest absolute Gasteiger partial charge is 0.151 e. The van der Waals surface area contributed by atoms with E-state index in [1.807, 2.05) is 0 Å². The Hall–Kier alpha value is -2.11. The summed E-state index contributed by atoms with van der Waals surface area (Å²) in [7, 11) is 3.40. The summed E-state index contributed by atoms with van der Waals surface area (Å²) in [5, 5.41) is 4.00. The second-order valence-corrected chi connectivity index (χ2v) is 4.21. The molecule has 96 valence electrons. The van der Waals surface area contributed by atoms with E-state index in [4.69, 9.17) is 5.73 Å². The summed E-state index contributed by atoms with van der Waals surface area (Å²) in [4.78, 5) is 1.49. The van der Waals surface area contributed by atoms with Crippen LogP contribution in [0.5, 0.6) is 0 Å². The topological polar surface area (TPSA) is 47.1 Å². The largest absolute Gasteiger partial charge is 0.399 e. The molecule has 0 aliphatic heterocycles. The molecule has 1 aromatic heterocycles. The predicted molar refractivity (Wildman–Crippen MR) is 66.1 cm³/mol. The number of hydrogen-bond donors (Lipinski definition) is 1. The molecule has 2 aromatic rings. The van der Waals surface area contributed by atoms with Crippen LogP contribution in [0.15, 0.2) is 24.5 Å². The van der Waals surface area contributed by atoms with Gasteiger partial charge in [-0.05, 0) is 12.1 Å². The normalized spacial score (nSPS) is 10.7. The third kappa shape index (κ3) is 2.42. The molecular weight excluding hydrogens is 238 g/mol. The molecule has 0 aliphatic carbocycles. The molecule has 0 amide bonds. The van der Waals surface area contributed by atoms with Crippen LogP contribution in [0.2, 0.25) is 0 Å². The number of hydrogen-bond acceptors (Lipinski definition) is 3. The first-order chi connectivity index (χ1) is 8.47. The van der Waals surface area contributed by atoms with Gasteiger partial charge < -0.3 is 10.6 Å².